The van der Waals surface area contributed by atoms with Gasteiger partial charge in [-0.15, -0.1) is 0 Å². The van der Waals surface area contributed by atoms with Crippen molar-refractivity contribution < 1.29 is 13.9 Å². The Labute approximate surface area is 147 Å². The van der Waals surface area contributed by atoms with Crippen LogP contribution in [0, 0.1) is 0 Å². The zero-order chi connectivity index (χ0) is 17.6. The number of carbonyl (C=O) groups is 1. The Bertz CT molecular complexity index is 821. The molecule has 2 N–H and O–H groups in total. The number of nitrogens with one attached hydrogen (secondary N) is 2. The second-order valence-corrected chi connectivity index (χ2v) is 5.98. The SMILES string of the molecule is COc1ccccc1-c1c[nH]cc1C(=O)N[C@@H](C)CCc1ccco1. The highest BCUT2D eigenvalue weighted by molar-refractivity contribution is 6.01. The van der Waals surface area contributed by atoms with Gasteiger partial charge in [-0.25, -0.2) is 0 Å². The summed E-state index contributed by atoms with van der Waals surface area (Å²) < 4.78 is 10.7. The van der Waals surface area contributed by atoms with Gasteiger partial charge < -0.3 is 19.5 Å². The van der Waals surface area contributed by atoms with Gasteiger partial charge in [0.05, 0.1) is 18.9 Å². The van der Waals surface area contributed by atoms with E-state index in [1.807, 2.05) is 49.5 Å². The van der Waals surface area contributed by atoms with E-state index in [-0.39, 0.29) is 11.9 Å². The minimum atomic E-state index is -0.103. The molecule has 1 aromatic carbocycles. The number of para-hydroxylation sites is 1. The lowest BCUT2D eigenvalue weighted by atomic mass is 10.0. The topological polar surface area (TPSA) is 67.3 Å². The predicted octanol–water partition coefficient (Wildman–Crippen LogP) is 4.03. The van der Waals surface area contributed by atoms with Crippen LogP contribution in [-0.2, 0) is 6.42 Å². The van der Waals surface area contributed by atoms with Gasteiger partial charge in [-0.3, -0.25) is 4.79 Å². The molecule has 0 bridgehead atoms. The quantitative estimate of drug-likeness (QED) is 0.683. The van der Waals surface area contributed by atoms with Gasteiger partial charge in [0.15, 0.2) is 0 Å². The Balaban J connectivity index is 1.70. The molecule has 5 heteroatoms. The standard InChI is InChI=1S/C20H22N2O3/c1-14(9-10-15-6-5-11-25-15)22-20(23)18-13-21-12-17(18)16-7-3-4-8-19(16)24-2/h3-8,11-14,21H,9-10H2,1-2H3,(H,22,23)/t14-/m0/s1. The van der Waals surface area contributed by atoms with E-state index in [1.165, 1.54) is 0 Å². The molecule has 0 unspecified atom stereocenters. The molecular weight excluding hydrogens is 316 g/mol. The van der Waals surface area contributed by atoms with Gasteiger partial charge >= 0.3 is 0 Å². The molecule has 130 valence electrons. The van der Waals surface area contributed by atoms with Gasteiger partial charge in [-0.2, -0.15) is 0 Å². The van der Waals surface area contributed by atoms with Crippen LogP contribution in [-0.4, -0.2) is 24.0 Å². The summed E-state index contributed by atoms with van der Waals surface area (Å²) >= 11 is 0. The van der Waals surface area contributed by atoms with Crippen molar-refractivity contribution in [2.75, 3.05) is 7.11 Å². The van der Waals surface area contributed by atoms with E-state index in [1.54, 1.807) is 19.6 Å². The van der Waals surface area contributed by atoms with Crippen molar-refractivity contribution in [3.05, 3.63) is 66.4 Å². The van der Waals surface area contributed by atoms with Crippen LogP contribution >= 0.6 is 0 Å². The summed E-state index contributed by atoms with van der Waals surface area (Å²) in [6.07, 6.45) is 6.81. The summed E-state index contributed by atoms with van der Waals surface area (Å²) in [5, 5.41) is 3.05. The molecule has 0 spiro atoms. The summed E-state index contributed by atoms with van der Waals surface area (Å²) in [4.78, 5) is 15.7. The fraction of sp³-hybridized carbons (Fsp3) is 0.250. The van der Waals surface area contributed by atoms with Crippen molar-refractivity contribution in [2.45, 2.75) is 25.8 Å². The molecule has 25 heavy (non-hydrogen) atoms. The number of furan rings is 1. The van der Waals surface area contributed by atoms with Gasteiger partial charge in [0.1, 0.15) is 11.5 Å². The molecule has 1 amide bonds. The average Bonchev–Trinajstić information content (AvgIpc) is 3.31. The fourth-order valence-corrected chi connectivity index (χ4v) is 2.83. The van der Waals surface area contributed by atoms with Gasteiger partial charge in [0.2, 0.25) is 0 Å². The fourth-order valence-electron chi connectivity index (χ4n) is 2.83. The first-order valence-electron chi connectivity index (χ1n) is 8.32. The van der Waals surface area contributed by atoms with E-state index in [9.17, 15) is 4.79 Å². The number of amides is 1. The van der Waals surface area contributed by atoms with E-state index >= 15 is 0 Å². The third kappa shape index (κ3) is 3.94. The van der Waals surface area contributed by atoms with E-state index in [0.29, 0.717) is 5.56 Å². The normalized spacial score (nSPS) is 11.9. The lowest BCUT2D eigenvalue weighted by Crippen LogP contribution is -2.32. The van der Waals surface area contributed by atoms with Crippen LogP contribution < -0.4 is 10.1 Å². The minimum Gasteiger partial charge on any atom is -0.496 e. The number of hydrogen-bond acceptors (Lipinski definition) is 3. The van der Waals surface area contributed by atoms with Crippen LogP contribution in [0.2, 0.25) is 0 Å². The number of aromatic amines is 1. The van der Waals surface area contributed by atoms with Crippen molar-refractivity contribution in [3.8, 4) is 16.9 Å². The smallest absolute Gasteiger partial charge is 0.253 e. The van der Waals surface area contributed by atoms with Gasteiger partial charge in [-0.1, -0.05) is 18.2 Å². The summed E-state index contributed by atoms with van der Waals surface area (Å²) in [6.45, 7) is 2.00. The number of methoxy groups -OCH3 is 1. The average molecular weight is 338 g/mol. The lowest BCUT2D eigenvalue weighted by Gasteiger charge is -2.14. The van der Waals surface area contributed by atoms with E-state index in [0.717, 1.165) is 35.5 Å². The maximum absolute atomic E-state index is 12.7. The van der Waals surface area contributed by atoms with Crippen molar-refractivity contribution in [1.29, 1.82) is 0 Å². The summed E-state index contributed by atoms with van der Waals surface area (Å²) in [5.41, 5.74) is 2.32. The van der Waals surface area contributed by atoms with Crippen LogP contribution in [0.1, 0.15) is 29.5 Å². The maximum atomic E-state index is 12.7. The molecule has 0 aliphatic heterocycles. The Morgan fingerprint density at radius 3 is 2.80 bits per heavy atom. The highest BCUT2D eigenvalue weighted by atomic mass is 16.5. The summed E-state index contributed by atoms with van der Waals surface area (Å²) in [6, 6.07) is 11.5. The molecule has 2 aromatic heterocycles. The van der Waals surface area contributed by atoms with Gasteiger partial charge in [-0.05, 0) is 31.5 Å². The molecule has 0 radical (unpaired) electrons. The van der Waals surface area contributed by atoms with Crippen LogP contribution in [0.5, 0.6) is 5.75 Å². The molecule has 1 atom stereocenters. The lowest BCUT2D eigenvalue weighted by molar-refractivity contribution is 0.0939. The molecule has 0 saturated carbocycles. The van der Waals surface area contributed by atoms with E-state index in [2.05, 4.69) is 10.3 Å². The van der Waals surface area contributed by atoms with Crippen molar-refractivity contribution in [1.82, 2.24) is 10.3 Å². The number of H-pyrrole nitrogens is 1. The Morgan fingerprint density at radius 2 is 2.04 bits per heavy atom. The largest absolute Gasteiger partial charge is 0.496 e. The molecular formula is C20H22N2O3. The first-order chi connectivity index (χ1) is 12.2. The Morgan fingerprint density at radius 1 is 1.20 bits per heavy atom. The second-order valence-electron chi connectivity index (χ2n) is 5.98. The molecule has 0 aliphatic carbocycles. The van der Waals surface area contributed by atoms with Crippen molar-refractivity contribution >= 4 is 5.91 Å². The van der Waals surface area contributed by atoms with Crippen LogP contribution in [0.15, 0.2) is 59.5 Å². The number of aryl methyl sites for hydroxylation is 1. The van der Waals surface area contributed by atoms with E-state index in [4.69, 9.17) is 9.15 Å². The summed E-state index contributed by atoms with van der Waals surface area (Å²) in [7, 11) is 1.63. The van der Waals surface area contributed by atoms with Gasteiger partial charge in [0.25, 0.3) is 5.91 Å². The van der Waals surface area contributed by atoms with Crippen LogP contribution in [0.4, 0.5) is 0 Å². The van der Waals surface area contributed by atoms with Crippen LogP contribution in [0.25, 0.3) is 11.1 Å². The van der Waals surface area contributed by atoms with E-state index < -0.39 is 0 Å². The number of hydrogen-bond donors (Lipinski definition) is 2. The van der Waals surface area contributed by atoms with Crippen molar-refractivity contribution in [2.24, 2.45) is 0 Å². The number of ether oxygens (including phenoxy) is 1. The summed E-state index contributed by atoms with van der Waals surface area (Å²) in [5.74, 6) is 1.56. The molecule has 3 rings (SSSR count). The number of benzene rings is 1. The number of rotatable bonds is 7. The first kappa shape index (κ1) is 16.9. The second kappa shape index (κ2) is 7.75. The highest BCUT2D eigenvalue weighted by Crippen LogP contribution is 2.32. The number of aromatic nitrogens is 1. The monoisotopic (exact) mass is 338 g/mol. The Hall–Kier alpha value is -2.95. The Kier molecular flexibility index (Phi) is 5.23. The zero-order valence-corrected chi connectivity index (χ0v) is 14.4. The highest BCUT2D eigenvalue weighted by Gasteiger charge is 2.18. The number of carbonyl (C=O) groups excluding carboxylic acids is 1. The molecule has 5 nitrogen and oxygen atoms in total. The molecule has 0 saturated heterocycles. The molecule has 2 heterocycles. The van der Waals surface area contributed by atoms with Crippen molar-refractivity contribution in [3.63, 3.8) is 0 Å². The minimum absolute atomic E-state index is 0.0398. The zero-order valence-electron chi connectivity index (χ0n) is 14.4. The molecule has 0 fully saturated rings. The van der Waals surface area contributed by atoms with Crippen LogP contribution in [0.3, 0.4) is 0 Å². The third-order valence-electron chi connectivity index (χ3n) is 4.17. The predicted molar refractivity (Wildman–Crippen MR) is 96.7 cm³/mol. The maximum Gasteiger partial charge on any atom is 0.253 e. The first-order valence-corrected chi connectivity index (χ1v) is 8.32. The third-order valence-corrected chi connectivity index (χ3v) is 4.17. The molecule has 3 aromatic rings. The van der Waals surface area contributed by atoms with Gasteiger partial charge in [0, 0.05) is 36.0 Å². The molecule has 0 aliphatic rings.